The van der Waals surface area contributed by atoms with Crippen molar-refractivity contribution < 1.29 is 14.3 Å². The third-order valence-corrected chi connectivity index (χ3v) is 6.38. The molecule has 0 unspecified atom stereocenters. The highest BCUT2D eigenvalue weighted by molar-refractivity contribution is 8.13. The monoisotopic (exact) mass is 390 g/mol. The third kappa shape index (κ3) is 5.89. The number of thioether (sulfide) groups is 1. The zero-order chi connectivity index (χ0) is 19.1. The maximum Gasteiger partial charge on any atom is 0.281 e. The van der Waals surface area contributed by atoms with Crippen LogP contribution in [0.4, 0.5) is 4.79 Å². The van der Waals surface area contributed by atoms with Gasteiger partial charge in [0.1, 0.15) is 5.75 Å². The van der Waals surface area contributed by atoms with Gasteiger partial charge in [-0.25, -0.2) is 0 Å². The predicted octanol–water partition coefficient (Wildman–Crippen LogP) is 3.82. The summed E-state index contributed by atoms with van der Waals surface area (Å²) in [5.41, 5.74) is 1.35. The molecule has 2 aliphatic rings. The molecule has 2 amide bonds. The summed E-state index contributed by atoms with van der Waals surface area (Å²) in [6.45, 7) is 5.76. The Kier molecular flexibility index (Phi) is 7.44. The van der Waals surface area contributed by atoms with Gasteiger partial charge in [0.2, 0.25) is 5.91 Å². The molecule has 0 aromatic heterocycles. The van der Waals surface area contributed by atoms with Crippen LogP contribution in [0.2, 0.25) is 0 Å². The summed E-state index contributed by atoms with van der Waals surface area (Å²) in [5.74, 6) is 2.68. The van der Waals surface area contributed by atoms with Crippen LogP contribution in [0.5, 0.6) is 5.75 Å². The summed E-state index contributed by atoms with van der Waals surface area (Å²) < 4.78 is 5.49. The van der Waals surface area contributed by atoms with E-state index >= 15 is 0 Å². The number of likely N-dealkylation sites (tertiary alicyclic amines) is 1. The fraction of sp³-hybridized carbons (Fsp3) is 0.619. The van der Waals surface area contributed by atoms with Crippen LogP contribution in [0.15, 0.2) is 24.3 Å². The predicted molar refractivity (Wildman–Crippen MR) is 109 cm³/mol. The molecule has 0 saturated carbocycles. The topological polar surface area (TPSA) is 49.9 Å². The number of hydrogen-bond acceptors (Lipinski definition) is 4. The molecule has 1 aromatic rings. The van der Waals surface area contributed by atoms with Crippen LogP contribution in [-0.4, -0.2) is 59.5 Å². The van der Waals surface area contributed by atoms with Gasteiger partial charge in [-0.3, -0.25) is 9.59 Å². The summed E-state index contributed by atoms with van der Waals surface area (Å²) in [4.78, 5) is 27.8. The Hall–Kier alpha value is -1.69. The maximum atomic E-state index is 12.4. The Labute approximate surface area is 166 Å². The molecule has 0 aliphatic carbocycles. The second-order valence-corrected chi connectivity index (χ2v) is 8.34. The van der Waals surface area contributed by atoms with Crippen molar-refractivity contribution in [1.29, 1.82) is 0 Å². The second kappa shape index (κ2) is 10.0. The molecule has 5 nitrogen and oxygen atoms in total. The first-order valence-corrected chi connectivity index (χ1v) is 11.1. The third-order valence-electron chi connectivity index (χ3n) is 5.48. The number of amides is 2. The molecule has 6 heteroatoms. The minimum atomic E-state index is 0.121. The van der Waals surface area contributed by atoms with Crippen LogP contribution in [0, 0.1) is 5.92 Å². The van der Waals surface area contributed by atoms with E-state index in [-0.39, 0.29) is 11.1 Å². The molecule has 2 fully saturated rings. The highest BCUT2D eigenvalue weighted by Crippen LogP contribution is 2.24. The average Bonchev–Trinajstić information content (AvgIpc) is 3.11. The lowest BCUT2D eigenvalue weighted by Crippen LogP contribution is -2.40. The number of ether oxygens (including phenoxy) is 1. The van der Waals surface area contributed by atoms with E-state index in [0.717, 1.165) is 50.4 Å². The second-order valence-electron chi connectivity index (χ2n) is 7.29. The van der Waals surface area contributed by atoms with Crippen molar-refractivity contribution in [3.63, 3.8) is 0 Å². The van der Waals surface area contributed by atoms with Crippen LogP contribution in [0.3, 0.4) is 0 Å². The Bertz CT molecular complexity index is 627. The van der Waals surface area contributed by atoms with E-state index in [2.05, 4.69) is 12.1 Å². The molecule has 2 heterocycles. The van der Waals surface area contributed by atoms with Crippen molar-refractivity contribution in [1.82, 2.24) is 9.80 Å². The fourth-order valence-corrected chi connectivity index (χ4v) is 4.63. The maximum absolute atomic E-state index is 12.4. The number of benzene rings is 1. The standard InChI is InChI=1S/C21H30N2O3S/c1-2-26-19-7-5-17(6-8-19)3-4-18-9-12-22(13-10-18)20(24)11-14-23-15-16-27-21(23)25/h5-8,18H,2-4,9-16H2,1H3. The van der Waals surface area contributed by atoms with Crippen LogP contribution in [-0.2, 0) is 11.2 Å². The van der Waals surface area contributed by atoms with E-state index in [1.807, 2.05) is 24.0 Å². The average molecular weight is 391 g/mol. The zero-order valence-corrected chi connectivity index (χ0v) is 17.0. The largest absolute Gasteiger partial charge is 0.494 e. The summed E-state index contributed by atoms with van der Waals surface area (Å²) >= 11 is 1.35. The lowest BCUT2D eigenvalue weighted by atomic mass is 9.90. The van der Waals surface area contributed by atoms with Gasteiger partial charge < -0.3 is 14.5 Å². The molecule has 27 heavy (non-hydrogen) atoms. The number of carbonyl (C=O) groups is 2. The molecule has 0 atom stereocenters. The first kappa shape index (κ1) is 20.1. The first-order valence-electron chi connectivity index (χ1n) is 10.1. The van der Waals surface area contributed by atoms with Gasteiger partial charge >= 0.3 is 0 Å². The summed E-state index contributed by atoms with van der Waals surface area (Å²) in [6, 6.07) is 8.40. The number of carbonyl (C=O) groups excluding carboxylic acids is 2. The highest BCUT2D eigenvalue weighted by Gasteiger charge is 2.25. The van der Waals surface area contributed by atoms with E-state index in [1.54, 1.807) is 4.90 Å². The van der Waals surface area contributed by atoms with E-state index in [4.69, 9.17) is 4.74 Å². The molecule has 0 radical (unpaired) electrons. The minimum absolute atomic E-state index is 0.121. The molecule has 0 spiro atoms. The Morgan fingerprint density at radius 3 is 2.56 bits per heavy atom. The lowest BCUT2D eigenvalue weighted by molar-refractivity contribution is -0.132. The summed E-state index contributed by atoms with van der Waals surface area (Å²) in [6.07, 6.45) is 4.89. The van der Waals surface area contributed by atoms with Crippen LogP contribution < -0.4 is 4.74 Å². The quantitative estimate of drug-likeness (QED) is 0.677. The summed E-state index contributed by atoms with van der Waals surface area (Å²) in [7, 11) is 0. The normalized spacial score (nSPS) is 18.2. The van der Waals surface area contributed by atoms with Gasteiger partial charge in [0.25, 0.3) is 5.24 Å². The van der Waals surface area contributed by atoms with E-state index in [1.165, 1.54) is 23.7 Å². The Morgan fingerprint density at radius 2 is 1.93 bits per heavy atom. The van der Waals surface area contributed by atoms with Crippen LogP contribution in [0.1, 0.15) is 38.2 Å². The Morgan fingerprint density at radius 1 is 1.19 bits per heavy atom. The van der Waals surface area contributed by atoms with Crippen molar-refractivity contribution in [2.24, 2.45) is 5.92 Å². The van der Waals surface area contributed by atoms with Gasteiger partial charge in [-0.05, 0) is 56.2 Å². The van der Waals surface area contributed by atoms with E-state index in [0.29, 0.717) is 25.5 Å². The molecule has 2 aliphatic heterocycles. The van der Waals surface area contributed by atoms with E-state index in [9.17, 15) is 9.59 Å². The van der Waals surface area contributed by atoms with Gasteiger partial charge in [0, 0.05) is 38.4 Å². The summed E-state index contributed by atoms with van der Waals surface area (Å²) in [5, 5.41) is 0.121. The lowest BCUT2D eigenvalue weighted by Gasteiger charge is -2.32. The van der Waals surface area contributed by atoms with E-state index < -0.39 is 0 Å². The highest BCUT2D eigenvalue weighted by atomic mass is 32.2. The SMILES string of the molecule is CCOc1ccc(CCC2CCN(C(=O)CCN3CCSC3=O)CC2)cc1. The van der Waals surface area contributed by atoms with Gasteiger partial charge in [-0.2, -0.15) is 0 Å². The fourth-order valence-electron chi connectivity index (χ4n) is 3.78. The van der Waals surface area contributed by atoms with Crippen molar-refractivity contribution in [3.05, 3.63) is 29.8 Å². The number of rotatable bonds is 8. The van der Waals surface area contributed by atoms with Gasteiger partial charge in [-0.15, -0.1) is 0 Å². The van der Waals surface area contributed by atoms with Gasteiger partial charge in [0.05, 0.1) is 6.61 Å². The van der Waals surface area contributed by atoms with Crippen molar-refractivity contribution in [2.45, 2.75) is 39.0 Å². The molecule has 0 N–H and O–H groups in total. The molecule has 148 valence electrons. The first-order chi connectivity index (χ1) is 13.2. The minimum Gasteiger partial charge on any atom is -0.494 e. The Balaban J connectivity index is 1.34. The molecule has 2 saturated heterocycles. The number of hydrogen-bond donors (Lipinski definition) is 0. The molecule has 3 rings (SSSR count). The van der Waals surface area contributed by atoms with Crippen LogP contribution in [0.25, 0.3) is 0 Å². The van der Waals surface area contributed by atoms with Gasteiger partial charge in [0.15, 0.2) is 0 Å². The number of piperidine rings is 1. The molecule has 0 bridgehead atoms. The van der Waals surface area contributed by atoms with Crippen LogP contribution >= 0.6 is 11.8 Å². The van der Waals surface area contributed by atoms with Crippen molar-refractivity contribution >= 4 is 22.9 Å². The molecular weight excluding hydrogens is 360 g/mol. The van der Waals surface area contributed by atoms with Gasteiger partial charge in [-0.1, -0.05) is 23.9 Å². The van der Waals surface area contributed by atoms with Crippen molar-refractivity contribution in [2.75, 3.05) is 38.5 Å². The number of nitrogens with zero attached hydrogens (tertiary/aromatic N) is 2. The zero-order valence-electron chi connectivity index (χ0n) is 16.2. The molecule has 1 aromatic carbocycles. The number of aryl methyl sites for hydroxylation is 1. The smallest absolute Gasteiger partial charge is 0.281 e. The molecular formula is C21H30N2O3S. The van der Waals surface area contributed by atoms with Crippen molar-refractivity contribution in [3.8, 4) is 5.75 Å².